The van der Waals surface area contributed by atoms with Gasteiger partial charge in [0.15, 0.2) is 0 Å². The molecule has 0 bridgehead atoms. The Morgan fingerprint density at radius 2 is 2.20 bits per heavy atom. The monoisotopic (exact) mass is 272 g/mol. The molecule has 0 saturated carbocycles. The molecule has 1 heterocycles. The van der Waals surface area contributed by atoms with Crippen LogP contribution in [0.25, 0.3) is 0 Å². The molecule has 1 aromatic carbocycles. The second-order valence-electron chi connectivity index (χ2n) is 5.31. The number of nitrogens with one attached hydrogen (secondary N) is 2. The van der Waals surface area contributed by atoms with Crippen molar-refractivity contribution in [3.05, 3.63) is 47.2 Å². The SMILES string of the molecule is COC(=O)c1ccccc1C1NCNC2=CCCCC21. The summed E-state index contributed by atoms with van der Waals surface area (Å²) < 4.78 is 4.91. The van der Waals surface area contributed by atoms with Gasteiger partial charge >= 0.3 is 5.97 Å². The molecule has 4 heteroatoms. The Morgan fingerprint density at radius 1 is 1.35 bits per heavy atom. The Kier molecular flexibility index (Phi) is 3.74. The molecule has 4 nitrogen and oxygen atoms in total. The van der Waals surface area contributed by atoms with Gasteiger partial charge in [-0.3, -0.25) is 5.32 Å². The van der Waals surface area contributed by atoms with E-state index in [-0.39, 0.29) is 12.0 Å². The number of hydrogen-bond acceptors (Lipinski definition) is 4. The van der Waals surface area contributed by atoms with Crippen LogP contribution in [-0.4, -0.2) is 19.7 Å². The molecule has 0 radical (unpaired) electrons. The fourth-order valence-electron chi connectivity index (χ4n) is 3.25. The van der Waals surface area contributed by atoms with Crippen LogP contribution in [0, 0.1) is 5.92 Å². The number of benzene rings is 1. The average Bonchev–Trinajstić information content (AvgIpc) is 2.53. The fourth-order valence-corrected chi connectivity index (χ4v) is 3.25. The van der Waals surface area contributed by atoms with Gasteiger partial charge in [-0.2, -0.15) is 0 Å². The molecule has 0 aromatic heterocycles. The van der Waals surface area contributed by atoms with Gasteiger partial charge in [0, 0.05) is 17.7 Å². The van der Waals surface area contributed by atoms with E-state index in [9.17, 15) is 4.79 Å². The van der Waals surface area contributed by atoms with Crippen molar-refractivity contribution in [3.8, 4) is 0 Å². The van der Waals surface area contributed by atoms with Crippen LogP contribution in [0.5, 0.6) is 0 Å². The van der Waals surface area contributed by atoms with Crippen LogP contribution in [0.2, 0.25) is 0 Å². The predicted octanol–water partition coefficient (Wildman–Crippen LogP) is 2.35. The van der Waals surface area contributed by atoms with E-state index in [0.29, 0.717) is 11.5 Å². The molecule has 1 fully saturated rings. The van der Waals surface area contributed by atoms with E-state index < -0.39 is 0 Å². The smallest absolute Gasteiger partial charge is 0.338 e. The van der Waals surface area contributed by atoms with Crippen LogP contribution >= 0.6 is 0 Å². The highest BCUT2D eigenvalue weighted by atomic mass is 16.5. The molecular formula is C16H20N2O2. The zero-order valence-corrected chi connectivity index (χ0v) is 11.7. The van der Waals surface area contributed by atoms with E-state index >= 15 is 0 Å². The molecule has 0 amide bonds. The van der Waals surface area contributed by atoms with E-state index in [0.717, 1.165) is 25.1 Å². The summed E-state index contributed by atoms with van der Waals surface area (Å²) in [4.78, 5) is 12.0. The number of hydrogen-bond donors (Lipinski definition) is 2. The first kappa shape index (κ1) is 13.2. The van der Waals surface area contributed by atoms with Gasteiger partial charge in [0.2, 0.25) is 0 Å². The molecule has 2 atom stereocenters. The number of rotatable bonds is 2. The summed E-state index contributed by atoms with van der Waals surface area (Å²) in [5.74, 6) is 0.158. The molecule has 1 saturated heterocycles. The Morgan fingerprint density at radius 3 is 3.05 bits per heavy atom. The maximum absolute atomic E-state index is 12.0. The maximum atomic E-state index is 12.0. The van der Waals surface area contributed by atoms with Gasteiger partial charge in [0.05, 0.1) is 19.3 Å². The summed E-state index contributed by atoms with van der Waals surface area (Å²) in [6, 6.07) is 7.92. The number of carbonyl (C=O) groups excluding carboxylic acids is 1. The van der Waals surface area contributed by atoms with Crippen molar-refractivity contribution in [1.29, 1.82) is 0 Å². The topological polar surface area (TPSA) is 50.4 Å². The lowest BCUT2D eigenvalue weighted by molar-refractivity contribution is 0.0597. The van der Waals surface area contributed by atoms with E-state index in [2.05, 4.69) is 16.7 Å². The first-order chi connectivity index (χ1) is 9.81. The Hall–Kier alpha value is -1.81. The molecule has 2 N–H and O–H groups in total. The first-order valence-corrected chi connectivity index (χ1v) is 7.16. The summed E-state index contributed by atoms with van der Waals surface area (Å²) in [6.07, 6.45) is 5.79. The van der Waals surface area contributed by atoms with Gasteiger partial charge in [0.25, 0.3) is 0 Å². The first-order valence-electron chi connectivity index (χ1n) is 7.16. The van der Waals surface area contributed by atoms with Gasteiger partial charge in [-0.05, 0) is 30.9 Å². The lowest BCUT2D eigenvalue weighted by atomic mass is 9.80. The number of ether oxygens (including phenoxy) is 1. The van der Waals surface area contributed by atoms with E-state index in [1.807, 2.05) is 24.3 Å². The second-order valence-corrected chi connectivity index (χ2v) is 5.31. The van der Waals surface area contributed by atoms with Crippen LogP contribution < -0.4 is 10.6 Å². The number of carbonyl (C=O) groups is 1. The highest BCUT2D eigenvalue weighted by molar-refractivity contribution is 5.91. The van der Waals surface area contributed by atoms with Gasteiger partial charge in [0.1, 0.15) is 0 Å². The number of methoxy groups -OCH3 is 1. The van der Waals surface area contributed by atoms with E-state index in [4.69, 9.17) is 4.74 Å². The minimum Gasteiger partial charge on any atom is -0.465 e. The van der Waals surface area contributed by atoms with Crippen molar-refractivity contribution >= 4 is 5.97 Å². The van der Waals surface area contributed by atoms with Crippen molar-refractivity contribution in [3.63, 3.8) is 0 Å². The summed E-state index contributed by atoms with van der Waals surface area (Å²) in [6.45, 7) is 0.739. The summed E-state index contributed by atoms with van der Waals surface area (Å²) in [5, 5.41) is 6.91. The zero-order valence-electron chi connectivity index (χ0n) is 11.7. The van der Waals surface area contributed by atoms with Crippen LogP contribution in [-0.2, 0) is 4.74 Å². The van der Waals surface area contributed by atoms with Crippen LogP contribution in [0.4, 0.5) is 0 Å². The summed E-state index contributed by atoms with van der Waals surface area (Å²) in [5.41, 5.74) is 3.03. The average molecular weight is 272 g/mol. The molecule has 1 aliphatic heterocycles. The summed E-state index contributed by atoms with van der Waals surface area (Å²) >= 11 is 0. The minimum absolute atomic E-state index is 0.179. The Labute approximate surface area is 119 Å². The molecule has 2 unspecified atom stereocenters. The van der Waals surface area contributed by atoms with Gasteiger partial charge in [-0.25, -0.2) is 4.79 Å². The standard InChI is InChI=1S/C16H20N2O2/c1-20-16(19)12-7-3-2-6-11(12)15-13-8-4-5-9-14(13)17-10-18-15/h2-3,6-7,9,13,15,17-18H,4-5,8,10H2,1H3. The molecule has 3 rings (SSSR count). The van der Waals surface area contributed by atoms with Crippen LogP contribution in [0.1, 0.15) is 41.2 Å². The van der Waals surface area contributed by atoms with Crippen LogP contribution in [0.15, 0.2) is 36.0 Å². The largest absolute Gasteiger partial charge is 0.465 e. The minimum atomic E-state index is -0.262. The van der Waals surface area contributed by atoms with Crippen molar-refractivity contribution in [2.24, 2.45) is 5.92 Å². The number of fused-ring (bicyclic) bond motifs is 1. The molecule has 1 aliphatic carbocycles. The molecule has 2 aliphatic rings. The second kappa shape index (κ2) is 5.67. The Bertz CT molecular complexity index is 539. The third-order valence-corrected chi connectivity index (χ3v) is 4.20. The molecule has 0 spiro atoms. The highest BCUT2D eigenvalue weighted by Gasteiger charge is 2.33. The highest BCUT2D eigenvalue weighted by Crippen LogP contribution is 2.37. The van der Waals surface area contributed by atoms with Crippen molar-refractivity contribution in [2.75, 3.05) is 13.8 Å². The van der Waals surface area contributed by atoms with Gasteiger partial charge in [-0.15, -0.1) is 0 Å². The van der Waals surface area contributed by atoms with Crippen molar-refractivity contribution < 1.29 is 9.53 Å². The van der Waals surface area contributed by atoms with Crippen LogP contribution in [0.3, 0.4) is 0 Å². The van der Waals surface area contributed by atoms with E-state index in [1.165, 1.54) is 19.2 Å². The summed E-state index contributed by atoms with van der Waals surface area (Å²) in [7, 11) is 1.43. The molecule has 106 valence electrons. The normalized spacial score (nSPS) is 25.1. The maximum Gasteiger partial charge on any atom is 0.338 e. The molecule has 20 heavy (non-hydrogen) atoms. The number of allylic oxidation sites excluding steroid dienone is 1. The quantitative estimate of drug-likeness (QED) is 0.811. The molecule has 1 aromatic rings. The lowest BCUT2D eigenvalue weighted by Crippen LogP contribution is -2.45. The fraction of sp³-hybridized carbons (Fsp3) is 0.438. The third kappa shape index (κ3) is 2.31. The van der Waals surface area contributed by atoms with Gasteiger partial charge in [-0.1, -0.05) is 24.3 Å². The van der Waals surface area contributed by atoms with Crippen molar-refractivity contribution in [2.45, 2.75) is 25.3 Å². The van der Waals surface area contributed by atoms with Crippen molar-refractivity contribution in [1.82, 2.24) is 10.6 Å². The van der Waals surface area contributed by atoms with Gasteiger partial charge < -0.3 is 10.1 Å². The lowest BCUT2D eigenvalue weighted by Gasteiger charge is -2.38. The predicted molar refractivity (Wildman–Crippen MR) is 77.1 cm³/mol. The number of esters is 1. The van der Waals surface area contributed by atoms with E-state index in [1.54, 1.807) is 0 Å². The molecular weight excluding hydrogens is 252 g/mol. The third-order valence-electron chi connectivity index (χ3n) is 4.20. The Balaban J connectivity index is 1.97. The zero-order chi connectivity index (χ0) is 13.9.